The zero-order valence-corrected chi connectivity index (χ0v) is 10.2. The summed E-state index contributed by atoms with van der Waals surface area (Å²) in [6.07, 6.45) is -4.24. The average molecular weight is 277 g/mol. The van der Waals surface area contributed by atoms with Crippen LogP contribution in [-0.2, 0) is 12.7 Å². The van der Waals surface area contributed by atoms with E-state index in [0.717, 1.165) is 11.0 Å². The van der Waals surface area contributed by atoms with Gasteiger partial charge in [0.25, 0.3) is 0 Å². The van der Waals surface area contributed by atoms with E-state index in [4.69, 9.17) is 5.11 Å². The van der Waals surface area contributed by atoms with Gasteiger partial charge >= 0.3 is 12.3 Å². The Hall–Kier alpha value is -1.83. The van der Waals surface area contributed by atoms with Crippen LogP contribution >= 0.6 is 0 Å². The van der Waals surface area contributed by atoms with Crippen molar-refractivity contribution in [1.29, 1.82) is 0 Å². The molecule has 0 spiro atoms. The Labute approximate surface area is 108 Å². The third-order valence-electron chi connectivity index (χ3n) is 2.44. The third-order valence-corrected chi connectivity index (χ3v) is 2.44. The van der Waals surface area contributed by atoms with Gasteiger partial charge in [-0.05, 0) is 12.1 Å². The number of hydrogen-bond donors (Lipinski definition) is 2. The first kappa shape index (κ1) is 15.2. The van der Waals surface area contributed by atoms with Crippen LogP contribution in [-0.4, -0.2) is 41.2 Å². The minimum absolute atomic E-state index is 0.0663. The molecule has 1 aromatic rings. The van der Waals surface area contributed by atoms with Gasteiger partial charge in [-0.2, -0.15) is 13.2 Å². The molecular formula is C11H14F3N3O2. The summed E-state index contributed by atoms with van der Waals surface area (Å²) in [4.78, 5) is 15.2. The highest BCUT2D eigenvalue weighted by Gasteiger charge is 2.33. The Kier molecular flexibility index (Phi) is 5.11. The molecule has 0 aliphatic heterocycles. The molecule has 2 N–H and O–H groups in total. The quantitative estimate of drug-likeness (QED) is 0.805. The first-order valence-corrected chi connectivity index (χ1v) is 5.48. The van der Waals surface area contributed by atoms with Crippen molar-refractivity contribution < 1.29 is 23.1 Å². The number of rotatable bonds is 5. The number of carbonyl (C=O) groups is 1. The van der Waals surface area contributed by atoms with Crippen LogP contribution in [0.5, 0.6) is 0 Å². The molecule has 1 aromatic heterocycles. The lowest BCUT2D eigenvalue weighted by atomic mass is 10.2. The normalized spacial score (nSPS) is 11.4. The monoisotopic (exact) mass is 277 g/mol. The van der Waals surface area contributed by atoms with Crippen LogP contribution in [0.25, 0.3) is 0 Å². The molecular weight excluding hydrogens is 263 g/mol. The smallest absolute Gasteiger partial charge is 0.418 e. The molecule has 0 aromatic carbocycles. The lowest BCUT2D eigenvalue weighted by Gasteiger charge is -2.14. The van der Waals surface area contributed by atoms with Gasteiger partial charge in [0.15, 0.2) is 0 Å². The largest absolute Gasteiger partial charge is 0.465 e. The number of likely N-dealkylation sites (N-methyl/N-ethyl adjacent to an activating group) is 1. The summed E-state index contributed by atoms with van der Waals surface area (Å²) < 4.78 is 37.9. The number of amides is 1. The highest BCUT2D eigenvalue weighted by molar-refractivity contribution is 5.64. The van der Waals surface area contributed by atoms with Gasteiger partial charge in [-0.25, -0.2) is 4.79 Å². The number of nitrogens with one attached hydrogen (secondary N) is 1. The van der Waals surface area contributed by atoms with E-state index < -0.39 is 17.8 Å². The van der Waals surface area contributed by atoms with Crippen LogP contribution in [0.2, 0.25) is 0 Å². The molecule has 0 unspecified atom stereocenters. The minimum atomic E-state index is -4.44. The Balaban J connectivity index is 2.52. The third kappa shape index (κ3) is 4.74. The van der Waals surface area contributed by atoms with E-state index in [0.29, 0.717) is 0 Å². The molecule has 106 valence electrons. The maximum atomic E-state index is 12.6. The Morgan fingerprint density at radius 1 is 1.53 bits per heavy atom. The van der Waals surface area contributed by atoms with E-state index >= 15 is 0 Å². The van der Waals surface area contributed by atoms with Crippen LogP contribution in [0.3, 0.4) is 0 Å². The van der Waals surface area contributed by atoms with Crippen LogP contribution < -0.4 is 5.32 Å². The molecule has 0 bridgehead atoms. The van der Waals surface area contributed by atoms with E-state index in [-0.39, 0.29) is 25.3 Å². The molecule has 1 amide bonds. The van der Waals surface area contributed by atoms with Crippen LogP contribution in [0.15, 0.2) is 18.3 Å². The summed E-state index contributed by atoms with van der Waals surface area (Å²) in [5.74, 6) is 0. The van der Waals surface area contributed by atoms with Gasteiger partial charge in [0.2, 0.25) is 0 Å². The fourth-order valence-corrected chi connectivity index (χ4v) is 1.39. The summed E-state index contributed by atoms with van der Waals surface area (Å²) in [5, 5.41) is 11.3. The summed E-state index contributed by atoms with van der Waals surface area (Å²) in [6.45, 7) is 0.364. The van der Waals surface area contributed by atoms with E-state index in [2.05, 4.69) is 10.3 Å². The van der Waals surface area contributed by atoms with Gasteiger partial charge in [0.1, 0.15) is 0 Å². The topological polar surface area (TPSA) is 65.5 Å². The zero-order valence-electron chi connectivity index (χ0n) is 10.2. The van der Waals surface area contributed by atoms with Gasteiger partial charge in [0.05, 0.1) is 11.3 Å². The van der Waals surface area contributed by atoms with Crippen molar-refractivity contribution in [3.63, 3.8) is 0 Å². The standard InChI is InChI=1S/C11H14F3N3O2/c1-17(10(18)19)6-5-15-7-9-8(11(12,13)14)3-2-4-16-9/h2-4,15H,5-7H2,1H3,(H,18,19). The Morgan fingerprint density at radius 3 is 2.79 bits per heavy atom. The molecule has 1 rings (SSSR count). The van der Waals surface area contributed by atoms with Crippen molar-refractivity contribution in [1.82, 2.24) is 15.2 Å². The highest BCUT2D eigenvalue weighted by atomic mass is 19.4. The van der Waals surface area contributed by atoms with Gasteiger partial charge in [0, 0.05) is 32.9 Å². The zero-order chi connectivity index (χ0) is 14.5. The summed E-state index contributed by atoms with van der Waals surface area (Å²) >= 11 is 0. The average Bonchev–Trinajstić information content (AvgIpc) is 2.33. The van der Waals surface area contributed by atoms with Crippen molar-refractivity contribution in [2.24, 2.45) is 0 Å². The maximum Gasteiger partial charge on any atom is 0.418 e. The fraction of sp³-hybridized carbons (Fsp3) is 0.455. The second kappa shape index (κ2) is 6.37. The van der Waals surface area contributed by atoms with Crippen LogP contribution in [0.4, 0.5) is 18.0 Å². The molecule has 5 nitrogen and oxygen atoms in total. The van der Waals surface area contributed by atoms with Crippen LogP contribution in [0, 0.1) is 0 Å². The molecule has 19 heavy (non-hydrogen) atoms. The number of halogens is 3. The molecule has 0 fully saturated rings. The molecule has 1 heterocycles. The Morgan fingerprint density at radius 2 is 2.21 bits per heavy atom. The van der Waals surface area contributed by atoms with Gasteiger partial charge in [-0.15, -0.1) is 0 Å². The van der Waals surface area contributed by atoms with Crippen LogP contribution in [0.1, 0.15) is 11.3 Å². The lowest BCUT2D eigenvalue weighted by Crippen LogP contribution is -2.33. The summed E-state index contributed by atoms with van der Waals surface area (Å²) in [6, 6.07) is 2.19. The number of hydrogen-bond acceptors (Lipinski definition) is 3. The second-order valence-electron chi connectivity index (χ2n) is 3.88. The molecule has 0 aliphatic carbocycles. The SMILES string of the molecule is CN(CCNCc1ncccc1C(F)(F)F)C(=O)O. The molecule has 0 radical (unpaired) electrons. The van der Waals surface area contributed by atoms with Crippen molar-refractivity contribution in [3.8, 4) is 0 Å². The molecule has 0 aliphatic rings. The highest BCUT2D eigenvalue weighted by Crippen LogP contribution is 2.30. The Bertz CT molecular complexity index is 437. The predicted octanol–water partition coefficient (Wildman–Crippen LogP) is 1.80. The molecule has 0 saturated carbocycles. The van der Waals surface area contributed by atoms with Crippen molar-refractivity contribution in [2.75, 3.05) is 20.1 Å². The predicted molar refractivity (Wildman–Crippen MR) is 61.6 cm³/mol. The molecule has 8 heteroatoms. The second-order valence-corrected chi connectivity index (χ2v) is 3.88. The van der Waals surface area contributed by atoms with Crippen molar-refractivity contribution in [2.45, 2.75) is 12.7 Å². The maximum absolute atomic E-state index is 12.6. The first-order chi connectivity index (χ1) is 8.82. The summed E-state index contributed by atoms with van der Waals surface area (Å²) in [7, 11) is 1.38. The number of pyridine rings is 1. The lowest BCUT2D eigenvalue weighted by molar-refractivity contribution is -0.138. The minimum Gasteiger partial charge on any atom is -0.465 e. The number of nitrogens with zero attached hydrogens (tertiary/aromatic N) is 2. The summed E-state index contributed by atoms with van der Waals surface area (Å²) in [5.41, 5.74) is -0.887. The number of aromatic nitrogens is 1. The van der Waals surface area contributed by atoms with Crippen molar-refractivity contribution >= 4 is 6.09 Å². The van der Waals surface area contributed by atoms with Gasteiger partial charge in [-0.1, -0.05) is 0 Å². The number of alkyl halides is 3. The first-order valence-electron chi connectivity index (χ1n) is 5.48. The van der Waals surface area contributed by atoms with Gasteiger partial charge < -0.3 is 15.3 Å². The fourth-order valence-electron chi connectivity index (χ4n) is 1.39. The molecule has 0 saturated heterocycles. The van der Waals surface area contributed by atoms with Gasteiger partial charge in [-0.3, -0.25) is 4.98 Å². The van der Waals surface area contributed by atoms with Crippen molar-refractivity contribution in [3.05, 3.63) is 29.6 Å². The van der Waals surface area contributed by atoms with E-state index in [1.165, 1.54) is 19.3 Å². The molecule has 0 atom stereocenters. The van der Waals surface area contributed by atoms with E-state index in [9.17, 15) is 18.0 Å². The number of carboxylic acid groups (broad SMARTS) is 1. The van der Waals surface area contributed by atoms with E-state index in [1.807, 2.05) is 0 Å². The van der Waals surface area contributed by atoms with E-state index in [1.54, 1.807) is 0 Å².